The predicted octanol–water partition coefficient (Wildman–Crippen LogP) is 2.46. The lowest BCUT2D eigenvalue weighted by Crippen LogP contribution is -2.21. The molecule has 0 aliphatic rings. The molecule has 0 bridgehead atoms. The summed E-state index contributed by atoms with van der Waals surface area (Å²) in [5.41, 5.74) is 6.79. The van der Waals surface area contributed by atoms with Crippen LogP contribution in [0.1, 0.15) is 18.9 Å². The first-order chi connectivity index (χ1) is 9.63. The molecule has 2 rings (SSSR count). The Hall–Kier alpha value is -2.50. The molecule has 0 atom stereocenters. The topological polar surface area (TPSA) is 82.2 Å². The van der Waals surface area contributed by atoms with E-state index in [1.54, 1.807) is 4.68 Å². The fraction of sp³-hybridized carbons (Fsp3) is 0.286. The minimum absolute atomic E-state index is 0.499. The van der Waals surface area contributed by atoms with Gasteiger partial charge in [0.2, 0.25) is 5.88 Å². The standard InChI is InChI=1S/C14H18N4O2/c1-3-9-20-13-10(2)12(16-14(15)19)18(17-13)11-7-5-4-6-8-11/h4-8H,3,9H2,1-2H3,(H3,15,16,19). The predicted molar refractivity (Wildman–Crippen MR) is 77.3 cm³/mol. The van der Waals surface area contributed by atoms with Crippen molar-refractivity contribution in [1.82, 2.24) is 9.78 Å². The maximum Gasteiger partial charge on any atom is 0.317 e. The smallest absolute Gasteiger partial charge is 0.317 e. The largest absolute Gasteiger partial charge is 0.476 e. The Balaban J connectivity index is 2.45. The van der Waals surface area contributed by atoms with Crippen molar-refractivity contribution >= 4 is 11.8 Å². The van der Waals surface area contributed by atoms with E-state index in [-0.39, 0.29) is 0 Å². The number of para-hydroxylation sites is 1. The van der Waals surface area contributed by atoms with E-state index in [0.717, 1.165) is 17.7 Å². The van der Waals surface area contributed by atoms with Crippen molar-refractivity contribution in [3.63, 3.8) is 0 Å². The van der Waals surface area contributed by atoms with Gasteiger partial charge in [0.15, 0.2) is 0 Å². The molecule has 2 aromatic rings. The monoisotopic (exact) mass is 274 g/mol. The molecule has 0 radical (unpaired) electrons. The van der Waals surface area contributed by atoms with Gasteiger partial charge in [-0.3, -0.25) is 5.32 Å². The highest BCUT2D eigenvalue weighted by atomic mass is 16.5. The number of benzene rings is 1. The highest BCUT2D eigenvalue weighted by Gasteiger charge is 2.17. The highest BCUT2D eigenvalue weighted by Crippen LogP contribution is 2.28. The number of nitrogens with two attached hydrogens (primary N) is 1. The van der Waals surface area contributed by atoms with Crippen LogP contribution >= 0.6 is 0 Å². The minimum Gasteiger partial charge on any atom is -0.476 e. The third-order valence-corrected chi connectivity index (χ3v) is 2.76. The van der Waals surface area contributed by atoms with Crippen molar-refractivity contribution in [3.8, 4) is 11.6 Å². The third-order valence-electron chi connectivity index (χ3n) is 2.76. The molecule has 6 heteroatoms. The van der Waals surface area contributed by atoms with Crippen LogP contribution in [0.5, 0.6) is 5.88 Å². The maximum atomic E-state index is 11.2. The fourth-order valence-electron chi connectivity index (χ4n) is 1.83. The molecule has 0 spiro atoms. The molecule has 0 fully saturated rings. The average Bonchev–Trinajstić information content (AvgIpc) is 2.74. The number of primary amides is 1. The molecule has 3 N–H and O–H groups in total. The number of rotatable bonds is 5. The summed E-state index contributed by atoms with van der Waals surface area (Å²) in [7, 11) is 0. The second-order valence-corrected chi connectivity index (χ2v) is 4.36. The van der Waals surface area contributed by atoms with Crippen LogP contribution in [0, 0.1) is 6.92 Å². The van der Waals surface area contributed by atoms with Crippen molar-refractivity contribution in [2.24, 2.45) is 5.73 Å². The summed E-state index contributed by atoms with van der Waals surface area (Å²) in [5, 5.41) is 6.99. The Morgan fingerprint density at radius 1 is 1.40 bits per heavy atom. The van der Waals surface area contributed by atoms with E-state index in [1.807, 2.05) is 44.2 Å². The Kier molecular flexibility index (Phi) is 4.24. The number of ether oxygens (including phenoxy) is 1. The van der Waals surface area contributed by atoms with Crippen molar-refractivity contribution in [1.29, 1.82) is 0 Å². The second-order valence-electron chi connectivity index (χ2n) is 4.36. The first-order valence-electron chi connectivity index (χ1n) is 6.47. The van der Waals surface area contributed by atoms with E-state index in [2.05, 4.69) is 10.4 Å². The zero-order valence-electron chi connectivity index (χ0n) is 11.6. The lowest BCUT2D eigenvalue weighted by molar-refractivity contribution is 0.259. The number of carbonyl (C=O) groups is 1. The fourth-order valence-corrected chi connectivity index (χ4v) is 1.83. The number of anilines is 1. The van der Waals surface area contributed by atoms with Gasteiger partial charge in [-0.2, -0.15) is 0 Å². The number of urea groups is 1. The number of nitrogens with one attached hydrogen (secondary N) is 1. The van der Waals surface area contributed by atoms with Crippen LogP contribution in [0.15, 0.2) is 30.3 Å². The van der Waals surface area contributed by atoms with E-state index < -0.39 is 6.03 Å². The molecular formula is C14H18N4O2. The van der Waals surface area contributed by atoms with Gasteiger partial charge in [0.25, 0.3) is 0 Å². The van der Waals surface area contributed by atoms with E-state index in [9.17, 15) is 4.79 Å². The molecule has 6 nitrogen and oxygen atoms in total. The lowest BCUT2D eigenvalue weighted by atomic mass is 10.3. The summed E-state index contributed by atoms with van der Waals surface area (Å²) >= 11 is 0. The maximum absolute atomic E-state index is 11.2. The molecule has 1 aromatic heterocycles. The van der Waals surface area contributed by atoms with Crippen molar-refractivity contribution in [3.05, 3.63) is 35.9 Å². The number of amides is 2. The van der Waals surface area contributed by atoms with Crippen LogP contribution in [-0.4, -0.2) is 22.4 Å². The van der Waals surface area contributed by atoms with Gasteiger partial charge in [0.05, 0.1) is 17.9 Å². The van der Waals surface area contributed by atoms with Crippen LogP contribution < -0.4 is 15.8 Å². The zero-order chi connectivity index (χ0) is 14.5. The Morgan fingerprint density at radius 2 is 2.10 bits per heavy atom. The Bertz CT molecular complexity index is 593. The van der Waals surface area contributed by atoms with Crippen molar-refractivity contribution < 1.29 is 9.53 Å². The Morgan fingerprint density at radius 3 is 2.70 bits per heavy atom. The Labute approximate surface area is 117 Å². The second kappa shape index (κ2) is 6.10. The van der Waals surface area contributed by atoms with Gasteiger partial charge >= 0.3 is 6.03 Å². The van der Waals surface area contributed by atoms with E-state index in [1.165, 1.54) is 0 Å². The van der Waals surface area contributed by atoms with Gasteiger partial charge < -0.3 is 10.5 Å². The molecule has 2 amide bonds. The number of hydrogen-bond acceptors (Lipinski definition) is 3. The molecule has 0 saturated heterocycles. The van der Waals surface area contributed by atoms with E-state index in [4.69, 9.17) is 10.5 Å². The lowest BCUT2D eigenvalue weighted by Gasteiger charge is -2.07. The van der Waals surface area contributed by atoms with Crippen molar-refractivity contribution in [2.45, 2.75) is 20.3 Å². The molecule has 0 saturated carbocycles. The highest BCUT2D eigenvalue weighted by molar-refractivity contribution is 5.88. The first kappa shape index (κ1) is 13.9. The van der Waals surface area contributed by atoms with Crippen LogP contribution in [-0.2, 0) is 0 Å². The summed E-state index contributed by atoms with van der Waals surface area (Å²) in [6, 6.07) is 8.85. The van der Waals surface area contributed by atoms with Gasteiger partial charge in [-0.25, -0.2) is 9.48 Å². The zero-order valence-corrected chi connectivity index (χ0v) is 11.6. The molecule has 20 heavy (non-hydrogen) atoms. The van der Waals surface area contributed by atoms with Crippen LogP contribution in [0.4, 0.5) is 10.6 Å². The molecule has 1 aromatic carbocycles. The summed E-state index contributed by atoms with van der Waals surface area (Å²) < 4.78 is 7.20. The average molecular weight is 274 g/mol. The summed E-state index contributed by atoms with van der Waals surface area (Å²) in [6.45, 7) is 4.43. The van der Waals surface area contributed by atoms with E-state index >= 15 is 0 Å². The number of hydrogen-bond donors (Lipinski definition) is 2. The molecular weight excluding hydrogens is 256 g/mol. The summed E-state index contributed by atoms with van der Waals surface area (Å²) in [4.78, 5) is 11.2. The molecule has 0 aliphatic heterocycles. The van der Waals surface area contributed by atoms with Crippen LogP contribution in [0.25, 0.3) is 5.69 Å². The molecule has 0 unspecified atom stereocenters. The molecule has 1 heterocycles. The summed E-state index contributed by atoms with van der Waals surface area (Å²) in [6.07, 6.45) is 0.885. The molecule has 0 aliphatic carbocycles. The summed E-state index contributed by atoms with van der Waals surface area (Å²) in [5.74, 6) is 1.02. The van der Waals surface area contributed by atoms with Gasteiger partial charge in [-0.15, -0.1) is 5.10 Å². The number of carbonyl (C=O) groups excluding carboxylic acids is 1. The van der Waals surface area contributed by atoms with Crippen LogP contribution in [0.3, 0.4) is 0 Å². The SMILES string of the molecule is CCCOc1nn(-c2ccccc2)c(NC(N)=O)c1C. The van der Waals surface area contributed by atoms with Gasteiger partial charge in [0.1, 0.15) is 5.82 Å². The molecule has 106 valence electrons. The number of nitrogens with zero attached hydrogens (tertiary/aromatic N) is 2. The van der Waals surface area contributed by atoms with Gasteiger partial charge in [0, 0.05) is 0 Å². The van der Waals surface area contributed by atoms with Gasteiger partial charge in [-0.1, -0.05) is 25.1 Å². The third kappa shape index (κ3) is 2.90. The van der Waals surface area contributed by atoms with E-state index in [0.29, 0.717) is 18.3 Å². The van der Waals surface area contributed by atoms with Crippen LogP contribution in [0.2, 0.25) is 0 Å². The minimum atomic E-state index is -0.632. The quantitative estimate of drug-likeness (QED) is 0.878. The normalized spacial score (nSPS) is 10.3. The van der Waals surface area contributed by atoms with Gasteiger partial charge in [-0.05, 0) is 25.5 Å². The first-order valence-corrected chi connectivity index (χ1v) is 6.47. The van der Waals surface area contributed by atoms with Crippen molar-refractivity contribution in [2.75, 3.05) is 11.9 Å². The number of aromatic nitrogens is 2.